The second kappa shape index (κ2) is 6.08. The number of anilines is 4. The molecule has 3 aromatic carbocycles. The van der Waals surface area contributed by atoms with Crippen LogP contribution in [0.2, 0.25) is 0 Å². The van der Waals surface area contributed by atoms with E-state index in [1.807, 2.05) is 48.5 Å². The Bertz CT molecular complexity index is 941. The van der Waals surface area contributed by atoms with Crippen molar-refractivity contribution in [2.75, 3.05) is 10.6 Å². The first-order chi connectivity index (χ1) is 11.8. The van der Waals surface area contributed by atoms with Crippen molar-refractivity contribution in [3.8, 4) is 0 Å². The highest BCUT2D eigenvalue weighted by molar-refractivity contribution is 5.79. The Kier molecular flexibility index (Phi) is 3.63. The molecule has 1 heterocycles. The van der Waals surface area contributed by atoms with Gasteiger partial charge >= 0.3 is 0 Å². The van der Waals surface area contributed by atoms with Crippen LogP contribution in [0.4, 0.5) is 23.1 Å². The van der Waals surface area contributed by atoms with Gasteiger partial charge in [-0.3, -0.25) is 0 Å². The maximum atomic E-state index is 5.74. The molecule has 0 bridgehead atoms. The first-order valence-corrected chi connectivity index (χ1v) is 7.83. The molecular weight excluding hydrogens is 298 g/mol. The monoisotopic (exact) mass is 315 g/mol. The van der Waals surface area contributed by atoms with Crippen molar-refractivity contribution in [1.82, 2.24) is 4.98 Å². The minimum absolute atomic E-state index is 0.481. The summed E-state index contributed by atoms with van der Waals surface area (Å²) in [7, 11) is 0. The third-order valence-corrected chi connectivity index (χ3v) is 3.79. The first-order valence-electron chi connectivity index (χ1n) is 7.83. The lowest BCUT2D eigenvalue weighted by Gasteiger charge is -2.12. The Labute approximate surface area is 140 Å². The second-order valence-electron chi connectivity index (χ2n) is 5.65. The number of rotatable bonds is 4. The van der Waals surface area contributed by atoms with E-state index in [0.717, 1.165) is 28.2 Å². The SMILES string of the molecule is Cc1ccc(Nc2ccccc2Nc2nc3ccccc3o2)cc1. The summed E-state index contributed by atoms with van der Waals surface area (Å²) < 4.78 is 5.74. The predicted molar refractivity (Wildman–Crippen MR) is 98.2 cm³/mol. The van der Waals surface area contributed by atoms with E-state index in [4.69, 9.17) is 4.42 Å². The van der Waals surface area contributed by atoms with E-state index in [-0.39, 0.29) is 0 Å². The van der Waals surface area contributed by atoms with Crippen LogP contribution in [0, 0.1) is 6.92 Å². The van der Waals surface area contributed by atoms with Crippen LogP contribution in [0.25, 0.3) is 11.1 Å². The number of para-hydroxylation sites is 4. The molecule has 0 radical (unpaired) electrons. The minimum atomic E-state index is 0.481. The summed E-state index contributed by atoms with van der Waals surface area (Å²) in [6, 6.07) is 24.5. The molecule has 0 spiro atoms. The summed E-state index contributed by atoms with van der Waals surface area (Å²) >= 11 is 0. The molecule has 0 atom stereocenters. The van der Waals surface area contributed by atoms with E-state index in [2.05, 4.69) is 46.8 Å². The number of aromatic nitrogens is 1. The van der Waals surface area contributed by atoms with Gasteiger partial charge in [-0.15, -0.1) is 0 Å². The molecule has 0 unspecified atom stereocenters. The molecule has 118 valence electrons. The van der Waals surface area contributed by atoms with Crippen LogP contribution in [0.1, 0.15) is 5.56 Å². The number of nitrogens with one attached hydrogen (secondary N) is 2. The third-order valence-electron chi connectivity index (χ3n) is 3.79. The lowest BCUT2D eigenvalue weighted by Crippen LogP contribution is -1.97. The Hall–Kier alpha value is -3.27. The minimum Gasteiger partial charge on any atom is -0.423 e. The zero-order valence-corrected chi connectivity index (χ0v) is 13.3. The van der Waals surface area contributed by atoms with Crippen LogP contribution < -0.4 is 10.6 Å². The Morgan fingerprint density at radius 3 is 2.17 bits per heavy atom. The Morgan fingerprint density at radius 1 is 0.750 bits per heavy atom. The summed E-state index contributed by atoms with van der Waals surface area (Å²) in [6.45, 7) is 2.08. The highest BCUT2D eigenvalue weighted by atomic mass is 16.4. The van der Waals surface area contributed by atoms with Gasteiger partial charge < -0.3 is 15.1 Å². The van der Waals surface area contributed by atoms with Crippen LogP contribution in [-0.4, -0.2) is 4.98 Å². The van der Waals surface area contributed by atoms with Gasteiger partial charge in [0.05, 0.1) is 11.4 Å². The lowest BCUT2D eigenvalue weighted by molar-refractivity contribution is 0.623. The molecule has 2 N–H and O–H groups in total. The van der Waals surface area contributed by atoms with Gasteiger partial charge in [0.1, 0.15) is 5.52 Å². The molecule has 4 rings (SSSR count). The third kappa shape index (κ3) is 2.94. The standard InChI is InChI=1S/C20H17N3O/c1-14-10-12-15(13-11-14)21-16-6-2-3-7-17(16)22-20-23-18-8-4-5-9-19(18)24-20/h2-13,21H,1H3,(H,22,23). The van der Waals surface area contributed by atoms with Crippen LogP contribution >= 0.6 is 0 Å². The molecule has 0 aliphatic heterocycles. The molecule has 0 amide bonds. The van der Waals surface area contributed by atoms with E-state index >= 15 is 0 Å². The average Bonchev–Trinajstić information content (AvgIpc) is 3.01. The van der Waals surface area contributed by atoms with Gasteiger partial charge in [0.2, 0.25) is 0 Å². The maximum absolute atomic E-state index is 5.74. The van der Waals surface area contributed by atoms with Crippen molar-refractivity contribution in [3.05, 3.63) is 78.4 Å². The van der Waals surface area contributed by atoms with E-state index in [0.29, 0.717) is 6.01 Å². The fourth-order valence-electron chi connectivity index (χ4n) is 2.53. The number of nitrogens with zero attached hydrogens (tertiary/aromatic N) is 1. The van der Waals surface area contributed by atoms with Crippen LogP contribution in [-0.2, 0) is 0 Å². The Balaban J connectivity index is 1.62. The molecule has 0 saturated carbocycles. The van der Waals surface area contributed by atoms with E-state index in [9.17, 15) is 0 Å². The van der Waals surface area contributed by atoms with Crippen molar-refractivity contribution < 1.29 is 4.42 Å². The van der Waals surface area contributed by atoms with Gasteiger partial charge in [-0.05, 0) is 43.3 Å². The molecule has 4 aromatic rings. The highest BCUT2D eigenvalue weighted by Crippen LogP contribution is 2.29. The summed E-state index contributed by atoms with van der Waals surface area (Å²) in [6.07, 6.45) is 0. The predicted octanol–water partition coefficient (Wildman–Crippen LogP) is 5.62. The average molecular weight is 315 g/mol. The summed E-state index contributed by atoms with van der Waals surface area (Å²) in [5.41, 5.74) is 5.74. The molecule has 4 heteroatoms. The van der Waals surface area contributed by atoms with Gasteiger partial charge in [0, 0.05) is 5.69 Å². The number of benzene rings is 3. The van der Waals surface area contributed by atoms with E-state index < -0.39 is 0 Å². The molecular formula is C20H17N3O. The number of fused-ring (bicyclic) bond motifs is 1. The fourth-order valence-corrected chi connectivity index (χ4v) is 2.53. The van der Waals surface area contributed by atoms with Crippen molar-refractivity contribution in [3.63, 3.8) is 0 Å². The highest BCUT2D eigenvalue weighted by Gasteiger charge is 2.08. The van der Waals surface area contributed by atoms with Crippen LogP contribution in [0.5, 0.6) is 0 Å². The summed E-state index contributed by atoms with van der Waals surface area (Å²) in [5.74, 6) is 0. The molecule has 0 saturated heterocycles. The summed E-state index contributed by atoms with van der Waals surface area (Å²) in [4.78, 5) is 4.46. The number of hydrogen-bond acceptors (Lipinski definition) is 4. The topological polar surface area (TPSA) is 50.1 Å². The largest absolute Gasteiger partial charge is 0.423 e. The van der Waals surface area contributed by atoms with Crippen LogP contribution in [0.15, 0.2) is 77.2 Å². The van der Waals surface area contributed by atoms with Gasteiger partial charge in [-0.1, -0.05) is 42.0 Å². The quantitative estimate of drug-likeness (QED) is 0.513. The Morgan fingerprint density at radius 2 is 1.42 bits per heavy atom. The van der Waals surface area contributed by atoms with Crippen molar-refractivity contribution in [2.24, 2.45) is 0 Å². The van der Waals surface area contributed by atoms with Crippen LogP contribution in [0.3, 0.4) is 0 Å². The molecule has 0 aliphatic carbocycles. The van der Waals surface area contributed by atoms with Crippen molar-refractivity contribution >= 4 is 34.2 Å². The molecule has 4 nitrogen and oxygen atoms in total. The fraction of sp³-hybridized carbons (Fsp3) is 0.0500. The molecule has 0 aliphatic rings. The van der Waals surface area contributed by atoms with E-state index in [1.165, 1.54) is 5.56 Å². The molecule has 24 heavy (non-hydrogen) atoms. The van der Waals surface area contributed by atoms with Crippen molar-refractivity contribution in [1.29, 1.82) is 0 Å². The zero-order chi connectivity index (χ0) is 16.4. The van der Waals surface area contributed by atoms with Gasteiger partial charge in [0.25, 0.3) is 6.01 Å². The van der Waals surface area contributed by atoms with Gasteiger partial charge in [-0.2, -0.15) is 4.98 Å². The summed E-state index contributed by atoms with van der Waals surface area (Å²) in [5, 5.41) is 6.68. The molecule has 0 fully saturated rings. The van der Waals surface area contributed by atoms with Gasteiger partial charge in [-0.25, -0.2) is 0 Å². The van der Waals surface area contributed by atoms with Crippen molar-refractivity contribution in [2.45, 2.75) is 6.92 Å². The van der Waals surface area contributed by atoms with Gasteiger partial charge in [0.15, 0.2) is 5.58 Å². The first kappa shape index (κ1) is 14.3. The zero-order valence-electron chi connectivity index (χ0n) is 13.3. The number of aryl methyl sites for hydroxylation is 1. The smallest absolute Gasteiger partial charge is 0.300 e. The number of hydrogen-bond donors (Lipinski definition) is 2. The number of oxazole rings is 1. The lowest BCUT2D eigenvalue weighted by atomic mass is 10.2. The normalized spacial score (nSPS) is 10.7. The maximum Gasteiger partial charge on any atom is 0.300 e. The van der Waals surface area contributed by atoms with E-state index in [1.54, 1.807) is 0 Å². The second-order valence-corrected chi connectivity index (χ2v) is 5.65. The molecule has 1 aromatic heterocycles.